The summed E-state index contributed by atoms with van der Waals surface area (Å²) in [5.74, 6) is 2.04. The lowest BCUT2D eigenvalue weighted by Gasteiger charge is -2.35. The number of aryl methyl sites for hydroxylation is 1. The average Bonchev–Trinajstić information content (AvgIpc) is 3.16. The van der Waals surface area contributed by atoms with Crippen molar-refractivity contribution in [1.29, 1.82) is 0 Å². The van der Waals surface area contributed by atoms with Crippen LogP contribution in [0.4, 0.5) is 0 Å². The number of rotatable bonds is 7. The molecule has 3 rings (SSSR count). The summed E-state index contributed by atoms with van der Waals surface area (Å²) in [5, 5.41) is 3.44. The van der Waals surface area contributed by atoms with Crippen LogP contribution in [0.2, 0.25) is 0 Å². The fourth-order valence-corrected chi connectivity index (χ4v) is 4.60. The van der Waals surface area contributed by atoms with Crippen LogP contribution in [0.15, 0.2) is 24.3 Å². The molecule has 1 saturated heterocycles. The third kappa shape index (κ3) is 3.82. The average molecular weight is 377 g/mol. The van der Waals surface area contributed by atoms with Crippen molar-refractivity contribution >= 4 is 11.3 Å². The zero-order valence-corrected chi connectivity index (χ0v) is 16.8. The predicted molar refractivity (Wildman–Crippen MR) is 106 cm³/mol. The number of piperazine rings is 1. The van der Waals surface area contributed by atoms with Crippen molar-refractivity contribution in [3.05, 3.63) is 39.6 Å². The minimum Gasteiger partial charge on any atom is -0.493 e. The Labute approximate surface area is 159 Å². The maximum atomic E-state index is 5.59. The number of ether oxygens (including phenoxy) is 3. The Morgan fingerprint density at radius 1 is 1.04 bits per heavy atom. The van der Waals surface area contributed by atoms with Gasteiger partial charge in [-0.1, -0.05) is 6.92 Å². The first-order chi connectivity index (χ1) is 12.7. The van der Waals surface area contributed by atoms with E-state index in [0.29, 0.717) is 17.2 Å². The highest BCUT2D eigenvalue weighted by Crippen LogP contribution is 2.43. The highest BCUT2D eigenvalue weighted by Gasteiger charge is 2.27. The molecule has 1 atom stereocenters. The van der Waals surface area contributed by atoms with Gasteiger partial charge in [0.2, 0.25) is 5.75 Å². The SMILES string of the molecule is CCc1ccc(C(c2cc(OC)c(OC)c(OC)c2)N2CCNCC2)s1. The van der Waals surface area contributed by atoms with Crippen molar-refractivity contribution < 1.29 is 14.2 Å². The number of methoxy groups -OCH3 is 3. The molecule has 0 aliphatic carbocycles. The number of nitrogens with one attached hydrogen (secondary N) is 1. The highest BCUT2D eigenvalue weighted by atomic mass is 32.1. The molecule has 2 aromatic rings. The van der Waals surface area contributed by atoms with Crippen LogP contribution in [0.3, 0.4) is 0 Å². The van der Waals surface area contributed by atoms with Crippen LogP contribution >= 0.6 is 11.3 Å². The molecule has 1 aromatic carbocycles. The van der Waals surface area contributed by atoms with Gasteiger partial charge in [0.05, 0.1) is 27.4 Å². The molecule has 6 heteroatoms. The second-order valence-corrected chi connectivity index (χ2v) is 7.50. The molecular formula is C20H28N2O3S. The fourth-order valence-electron chi connectivity index (χ4n) is 3.49. The molecule has 1 fully saturated rings. The van der Waals surface area contributed by atoms with Crippen molar-refractivity contribution in [1.82, 2.24) is 10.2 Å². The van der Waals surface area contributed by atoms with Crippen LogP contribution in [-0.4, -0.2) is 52.4 Å². The van der Waals surface area contributed by atoms with Gasteiger partial charge in [0, 0.05) is 35.9 Å². The second kappa shape index (κ2) is 8.75. The molecule has 1 aliphatic heterocycles. The van der Waals surface area contributed by atoms with Gasteiger partial charge < -0.3 is 19.5 Å². The molecule has 0 spiro atoms. The van der Waals surface area contributed by atoms with E-state index in [1.54, 1.807) is 21.3 Å². The summed E-state index contributed by atoms with van der Waals surface area (Å²) in [6.45, 7) is 6.25. The van der Waals surface area contributed by atoms with Gasteiger partial charge in [0.25, 0.3) is 0 Å². The van der Waals surface area contributed by atoms with Crippen molar-refractivity contribution in [3.63, 3.8) is 0 Å². The van der Waals surface area contributed by atoms with Gasteiger partial charge in [0.1, 0.15) is 0 Å². The first-order valence-electron chi connectivity index (χ1n) is 9.05. The van der Waals surface area contributed by atoms with E-state index >= 15 is 0 Å². The molecule has 142 valence electrons. The lowest BCUT2D eigenvalue weighted by atomic mass is 10.0. The summed E-state index contributed by atoms with van der Waals surface area (Å²) in [7, 11) is 4.98. The molecule has 1 unspecified atom stereocenters. The van der Waals surface area contributed by atoms with Crippen LogP contribution in [0.1, 0.15) is 28.3 Å². The molecule has 0 saturated carbocycles. The Balaban J connectivity index is 2.08. The maximum Gasteiger partial charge on any atom is 0.203 e. The maximum absolute atomic E-state index is 5.59. The number of nitrogens with zero attached hydrogens (tertiary/aromatic N) is 1. The van der Waals surface area contributed by atoms with Gasteiger partial charge in [-0.15, -0.1) is 11.3 Å². The van der Waals surface area contributed by atoms with E-state index < -0.39 is 0 Å². The molecule has 0 radical (unpaired) electrons. The largest absolute Gasteiger partial charge is 0.493 e. The van der Waals surface area contributed by atoms with E-state index in [4.69, 9.17) is 14.2 Å². The number of thiophene rings is 1. The Bertz CT molecular complexity index is 701. The third-order valence-corrected chi connectivity index (χ3v) is 6.10. The lowest BCUT2D eigenvalue weighted by molar-refractivity contribution is 0.200. The monoisotopic (exact) mass is 376 g/mol. The van der Waals surface area contributed by atoms with Gasteiger partial charge in [0.15, 0.2) is 11.5 Å². The number of hydrogen-bond acceptors (Lipinski definition) is 6. The Kier molecular flexibility index (Phi) is 6.40. The van der Waals surface area contributed by atoms with Crippen LogP contribution < -0.4 is 19.5 Å². The fraction of sp³-hybridized carbons (Fsp3) is 0.500. The van der Waals surface area contributed by atoms with Crippen LogP contribution in [-0.2, 0) is 6.42 Å². The van der Waals surface area contributed by atoms with Crippen molar-refractivity contribution in [2.24, 2.45) is 0 Å². The molecule has 5 nitrogen and oxygen atoms in total. The van der Waals surface area contributed by atoms with Gasteiger partial charge in [-0.2, -0.15) is 0 Å². The zero-order chi connectivity index (χ0) is 18.5. The summed E-state index contributed by atoms with van der Waals surface area (Å²) in [4.78, 5) is 5.30. The molecular weight excluding hydrogens is 348 g/mol. The minimum atomic E-state index is 0.191. The molecule has 0 bridgehead atoms. The summed E-state index contributed by atoms with van der Waals surface area (Å²) < 4.78 is 16.7. The van der Waals surface area contributed by atoms with Gasteiger partial charge in [-0.3, -0.25) is 4.90 Å². The molecule has 1 aliphatic rings. The van der Waals surface area contributed by atoms with Crippen LogP contribution in [0.25, 0.3) is 0 Å². The first kappa shape index (κ1) is 19.0. The molecule has 26 heavy (non-hydrogen) atoms. The lowest BCUT2D eigenvalue weighted by Crippen LogP contribution is -2.45. The Morgan fingerprint density at radius 3 is 2.19 bits per heavy atom. The summed E-state index contributed by atoms with van der Waals surface area (Å²) in [6.07, 6.45) is 1.06. The standard InChI is InChI=1S/C20H28N2O3S/c1-5-15-6-7-18(26-15)19(22-10-8-21-9-11-22)14-12-16(23-2)20(25-4)17(13-14)24-3/h6-7,12-13,19,21H,5,8-11H2,1-4H3. The molecule has 0 amide bonds. The first-order valence-corrected chi connectivity index (χ1v) is 9.86. The number of hydrogen-bond donors (Lipinski definition) is 1. The minimum absolute atomic E-state index is 0.191. The van der Waals surface area contributed by atoms with Crippen molar-refractivity contribution in [3.8, 4) is 17.2 Å². The van der Waals surface area contributed by atoms with E-state index in [1.807, 2.05) is 11.3 Å². The normalized spacial score (nSPS) is 16.3. The van der Waals surface area contributed by atoms with E-state index in [1.165, 1.54) is 15.3 Å². The van der Waals surface area contributed by atoms with Crippen molar-refractivity contribution in [2.75, 3.05) is 47.5 Å². The summed E-state index contributed by atoms with van der Waals surface area (Å²) in [6, 6.07) is 8.86. The van der Waals surface area contributed by atoms with E-state index in [2.05, 4.69) is 41.4 Å². The Morgan fingerprint density at radius 2 is 1.69 bits per heavy atom. The van der Waals surface area contributed by atoms with Crippen LogP contribution in [0.5, 0.6) is 17.2 Å². The van der Waals surface area contributed by atoms with E-state index in [0.717, 1.165) is 32.6 Å². The van der Waals surface area contributed by atoms with Crippen molar-refractivity contribution in [2.45, 2.75) is 19.4 Å². The number of benzene rings is 1. The zero-order valence-electron chi connectivity index (χ0n) is 16.0. The summed E-state index contributed by atoms with van der Waals surface area (Å²) >= 11 is 1.89. The van der Waals surface area contributed by atoms with E-state index in [9.17, 15) is 0 Å². The van der Waals surface area contributed by atoms with Gasteiger partial charge >= 0.3 is 0 Å². The second-order valence-electron chi connectivity index (χ2n) is 6.30. The highest BCUT2D eigenvalue weighted by molar-refractivity contribution is 7.12. The molecule has 1 N–H and O–H groups in total. The smallest absolute Gasteiger partial charge is 0.203 e. The molecule has 1 aromatic heterocycles. The Hall–Kier alpha value is -1.76. The summed E-state index contributed by atoms with van der Waals surface area (Å²) in [5.41, 5.74) is 1.17. The quantitative estimate of drug-likeness (QED) is 0.803. The molecule has 2 heterocycles. The van der Waals surface area contributed by atoms with E-state index in [-0.39, 0.29) is 6.04 Å². The third-order valence-electron chi connectivity index (χ3n) is 4.82. The van der Waals surface area contributed by atoms with Gasteiger partial charge in [-0.25, -0.2) is 0 Å². The van der Waals surface area contributed by atoms with Crippen LogP contribution in [0, 0.1) is 0 Å². The predicted octanol–water partition coefficient (Wildman–Crippen LogP) is 3.33. The van der Waals surface area contributed by atoms with Gasteiger partial charge in [-0.05, 0) is 36.2 Å². The topological polar surface area (TPSA) is 43.0 Å².